The molecule has 0 aliphatic carbocycles. The number of hydrogen-bond acceptors (Lipinski definition) is 5. The average molecular weight is 362 g/mol. The first-order valence-corrected chi connectivity index (χ1v) is 9.62. The second-order valence-electron chi connectivity index (χ2n) is 6.29. The molecule has 1 fully saturated rings. The van der Waals surface area contributed by atoms with Crippen LogP contribution in [-0.4, -0.2) is 33.8 Å². The van der Waals surface area contributed by atoms with Crippen molar-refractivity contribution in [2.75, 3.05) is 19.8 Å². The molecule has 0 N–H and O–H groups in total. The molecule has 0 bridgehead atoms. The lowest BCUT2D eigenvalue weighted by Gasteiger charge is -2.41. The molecule has 0 aromatic heterocycles. The van der Waals surface area contributed by atoms with E-state index in [-0.39, 0.29) is 11.5 Å². The van der Waals surface area contributed by atoms with Crippen molar-refractivity contribution in [2.24, 2.45) is 0 Å². The Morgan fingerprint density at radius 2 is 1.72 bits per heavy atom. The molecular weight excluding hydrogens is 340 g/mol. The quantitative estimate of drug-likeness (QED) is 0.676. The van der Waals surface area contributed by atoms with E-state index in [0.717, 1.165) is 11.1 Å². The van der Waals surface area contributed by atoms with E-state index in [1.165, 1.54) is 0 Å². The largest absolute Gasteiger partial charge is 0.375 e. The molecule has 1 aliphatic rings. The summed E-state index contributed by atoms with van der Waals surface area (Å²) < 4.78 is 40.9. The minimum absolute atomic E-state index is 0.0638. The highest BCUT2D eigenvalue weighted by Crippen LogP contribution is 2.28. The molecule has 25 heavy (non-hydrogen) atoms. The second kappa shape index (κ2) is 7.66. The van der Waals surface area contributed by atoms with Gasteiger partial charge in [-0.25, -0.2) is 0 Å². The first kappa shape index (κ1) is 18.1. The summed E-state index contributed by atoms with van der Waals surface area (Å²) in [4.78, 5) is 0.169. The maximum atomic E-state index is 12.2. The summed E-state index contributed by atoms with van der Waals surface area (Å²) in [5, 5.41) is 0. The normalized spacial score (nSPS) is 16.4. The van der Waals surface area contributed by atoms with Crippen LogP contribution in [0.4, 0.5) is 0 Å². The van der Waals surface area contributed by atoms with Crippen LogP contribution in [-0.2, 0) is 30.4 Å². The third-order valence-electron chi connectivity index (χ3n) is 4.22. The van der Waals surface area contributed by atoms with E-state index in [1.807, 2.05) is 37.3 Å². The van der Waals surface area contributed by atoms with Crippen molar-refractivity contribution in [3.63, 3.8) is 0 Å². The number of aryl methyl sites for hydroxylation is 1. The molecule has 2 aromatic rings. The van der Waals surface area contributed by atoms with Crippen LogP contribution in [0.15, 0.2) is 59.5 Å². The lowest BCUT2D eigenvalue weighted by Crippen LogP contribution is -2.52. The van der Waals surface area contributed by atoms with Crippen molar-refractivity contribution < 1.29 is 22.1 Å². The van der Waals surface area contributed by atoms with Crippen LogP contribution in [0, 0.1) is 6.92 Å². The zero-order chi connectivity index (χ0) is 17.8. The molecule has 0 amide bonds. The Hall–Kier alpha value is -1.73. The van der Waals surface area contributed by atoms with E-state index in [4.69, 9.17) is 13.7 Å². The standard InChI is InChI=1S/C19H22O5S/c1-16-7-9-18(10-8-16)25(20,21)24-12-11-19(14-22-15-19)23-13-17-5-3-2-4-6-17/h2-10H,11-15H2,1H3. The van der Waals surface area contributed by atoms with E-state index in [2.05, 4.69) is 0 Å². The zero-order valence-electron chi connectivity index (χ0n) is 14.2. The monoisotopic (exact) mass is 362 g/mol. The van der Waals surface area contributed by atoms with Crippen molar-refractivity contribution >= 4 is 10.1 Å². The molecule has 0 spiro atoms. The summed E-state index contributed by atoms with van der Waals surface area (Å²) >= 11 is 0. The van der Waals surface area contributed by atoms with Gasteiger partial charge in [-0.1, -0.05) is 48.0 Å². The van der Waals surface area contributed by atoms with Crippen LogP contribution in [0.2, 0.25) is 0 Å². The lowest BCUT2D eigenvalue weighted by atomic mass is 9.98. The summed E-state index contributed by atoms with van der Waals surface area (Å²) in [7, 11) is -3.75. The molecule has 1 saturated heterocycles. The molecule has 5 nitrogen and oxygen atoms in total. The van der Waals surface area contributed by atoms with Crippen molar-refractivity contribution in [3.05, 3.63) is 65.7 Å². The number of rotatable bonds is 8. The van der Waals surface area contributed by atoms with Gasteiger partial charge in [0.2, 0.25) is 0 Å². The van der Waals surface area contributed by atoms with Gasteiger partial charge in [0.1, 0.15) is 5.60 Å². The number of ether oxygens (including phenoxy) is 2. The molecule has 1 aliphatic heterocycles. The fourth-order valence-electron chi connectivity index (χ4n) is 2.55. The lowest BCUT2D eigenvalue weighted by molar-refractivity contribution is -0.220. The van der Waals surface area contributed by atoms with Gasteiger partial charge in [-0.05, 0) is 24.6 Å². The van der Waals surface area contributed by atoms with Gasteiger partial charge in [-0.3, -0.25) is 4.18 Å². The molecule has 2 aromatic carbocycles. The van der Waals surface area contributed by atoms with Crippen LogP contribution >= 0.6 is 0 Å². The Bertz CT molecular complexity index is 780. The summed E-state index contributed by atoms with van der Waals surface area (Å²) in [5.41, 5.74) is 1.60. The van der Waals surface area contributed by atoms with Gasteiger partial charge >= 0.3 is 0 Å². The Kier molecular flexibility index (Phi) is 5.54. The summed E-state index contributed by atoms with van der Waals surface area (Å²) in [6.45, 7) is 3.34. The Morgan fingerprint density at radius 1 is 1.04 bits per heavy atom. The average Bonchev–Trinajstić information content (AvgIpc) is 2.58. The van der Waals surface area contributed by atoms with Crippen LogP contribution in [0.5, 0.6) is 0 Å². The summed E-state index contributed by atoms with van der Waals surface area (Å²) in [6, 6.07) is 16.5. The van der Waals surface area contributed by atoms with Crippen molar-refractivity contribution in [3.8, 4) is 0 Å². The fraction of sp³-hybridized carbons (Fsp3) is 0.368. The molecular formula is C19H22O5S. The minimum Gasteiger partial charge on any atom is -0.375 e. The molecule has 0 saturated carbocycles. The molecule has 6 heteroatoms. The van der Waals surface area contributed by atoms with Gasteiger partial charge in [-0.2, -0.15) is 8.42 Å². The third kappa shape index (κ3) is 4.67. The van der Waals surface area contributed by atoms with E-state index in [1.54, 1.807) is 24.3 Å². The first-order chi connectivity index (χ1) is 12.0. The molecule has 1 heterocycles. The number of hydrogen-bond donors (Lipinski definition) is 0. The van der Waals surface area contributed by atoms with Gasteiger partial charge in [0, 0.05) is 6.42 Å². The highest BCUT2D eigenvalue weighted by Gasteiger charge is 2.40. The van der Waals surface area contributed by atoms with E-state index in [9.17, 15) is 8.42 Å². The molecule has 134 valence electrons. The van der Waals surface area contributed by atoms with Crippen LogP contribution in [0.3, 0.4) is 0 Å². The topological polar surface area (TPSA) is 61.8 Å². The van der Waals surface area contributed by atoms with Gasteiger partial charge in [0.25, 0.3) is 10.1 Å². The molecule has 3 rings (SSSR count). The van der Waals surface area contributed by atoms with Crippen LogP contribution < -0.4 is 0 Å². The van der Waals surface area contributed by atoms with E-state index in [0.29, 0.717) is 26.2 Å². The maximum Gasteiger partial charge on any atom is 0.296 e. The predicted molar refractivity (Wildman–Crippen MR) is 93.7 cm³/mol. The van der Waals surface area contributed by atoms with Crippen LogP contribution in [0.1, 0.15) is 17.5 Å². The van der Waals surface area contributed by atoms with Crippen molar-refractivity contribution in [2.45, 2.75) is 30.4 Å². The Balaban J connectivity index is 1.53. The molecule has 0 unspecified atom stereocenters. The van der Waals surface area contributed by atoms with E-state index >= 15 is 0 Å². The van der Waals surface area contributed by atoms with Gasteiger partial charge in [0.15, 0.2) is 0 Å². The molecule has 0 radical (unpaired) electrons. The van der Waals surface area contributed by atoms with Crippen LogP contribution in [0.25, 0.3) is 0 Å². The minimum atomic E-state index is -3.75. The molecule has 0 atom stereocenters. The number of benzene rings is 2. The van der Waals surface area contributed by atoms with Gasteiger partial charge in [-0.15, -0.1) is 0 Å². The summed E-state index contributed by atoms with van der Waals surface area (Å²) in [5.74, 6) is 0. The summed E-state index contributed by atoms with van der Waals surface area (Å²) in [6.07, 6.45) is 0.463. The third-order valence-corrected chi connectivity index (χ3v) is 5.55. The maximum absolute atomic E-state index is 12.2. The van der Waals surface area contributed by atoms with Crippen molar-refractivity contribution in [1.82, 2.24) is 0 Å². The highest BCUT2D eigenvalue weighted by atomic mass is 32.2. The van der Waals surface area contributed by atoms with Gasteiger partial charge in [0.05, 0.1) is 31.3 Å². The Labute approximate surface area is 148 Å². The predicted octanol–water partition coefficient (Wildman–Crippen LogP) is 3.08. The fourth-order valence-corrected chi connectivity index (χ4v) is 3.46. The SMILES string of the molecule is Cc1ccc(S(=O)(=O)OCCC2(OCc3ccccc3)COC2)cc1. The Morgan fingerprint density at radius 3 is 2.32 bits per heavy atom. The first-order valence-electron chi connectivity index (χ1n) is 8.21. The highest BCUT2D eigenvalue weighted by molar-refractivity contribution is 7.86. The van der Waals surface area contributed by atoms with Crippen molar-refractivity contribution in [1.29, 1.82) is 0 Å². The second-order valence-corrected chi connectivity index (χ2v) is 7.90. The smallest absolute Gasteiger partial charge is 0.296 e. The zero-order valence-corrected chi connectivity index (χ0v) is 15.0. The van der Waals surface area contributed by atoms with Gasteiger partial charge < -0.3 is 9.47 Å². The van der Waals surface area contributed by atoms with E-state index < -0.39 is 15.7 Å².